The molecule has 1 aromatic heterocycles. The molecule has 12 heteroatoms. The van der Waals surface area contributed by atoms with Crippen molar-refractivity contribution < 1.29 is 37.6 Å². The summed E-state index contributed by atoms with van der Waals surface area (Å²) in [6.45, 7) is -1.03. The molecule has 0 spiro atoms. The van der Waals surface area contributed by atoms with Gasteiger partial charge in [-0.3, -0.25) is 14.3 Å². The molecule has 7 nitrogen and oxygen atoms in total. The summed E-state index contributed by atoms with van der Waals surface area (Å²) in [5, 5.41) is 28.5. The van der Waals surface area contributed by atoms with Crippen molar-refractivity contribution in [3.63, 3.8) is 0 Å². The van der Waals surface area contributed by atoms with Crippen molar-refractivity contribution >= 4 is 12.2 Å². The van der Waals surface area contributed by atoms with E-state index in [-0.39, 0.29) is 0 Å². The Balaban J connectivity index is 2.65. The number of hydrogen-bond acceptors (Lipinski definition) is 6. The largest absolute Gasteiger partial charge is 0.424 e. The van der Waals surface area contributed by atoms with E-state index < -0.39 is 53.0 Å². The molecule has 0 saturated carbocycles. The lowest BCUT2D eigenvalue weighted by molar-refractivity contribution is -0.304. The van der Waals surface area contributed by atoms with Gasteiger partial charge in [0.05, 0.1) is 12.8 Å². The maximum absolute atomic E-state index is 13.3. The maximum Gasteiger partial charge on any atom is 0.424 e. The topological polar surface area (TPSA) is 108 Å². The van der Waals surface area contributed by atoms with Gasteiger partial charge in [0.1, 0.15) is 12.2 Å². The minimum Gasteiger partial charge on any atom is -0.394 e. The van der Waals surface area contributed by atoms with Crippen molar-refractivity contribution in [3.05, 3.63) is 27.1 Å². The molecule has 0 amide bonds. The third-order valence-corrected chi connectivity index (χ3v) is 3.61. The Kier molecular flexibility index (Phi) is 4.16. The van der Waals surface area contributed by atoms with Gasteiger partial charge in [-0.1, -0.05) is 0 Å². The fraction of sp³-hybridized carbons (Fsp3) is 0.600. The lowest BCUT2D eigenvalue weighted by Crippen LogP contribution is -2.57. The van der Waals surface area contributed by atoms with Crippen molar-refractivity contribution in [2.45, 2.75) is 30.2 Å². The molecular formula is C10H10F4N2O5S. The molecule has 124 valence electrons. The van der Waals surface area contributed by atoms with E-state index in [4.69, 9.17) is 9.84 Å². The Labute approximate surface area is 124 Å². The Hall–Kier alpha value is -1.34. The SMILES string of the molecule is O=c1[nH]c(=S)n([C@@H]2O[C@H](CO)[C@H](O)C2(O)C(F)(F)F)cc1F. The van der Waals surface area contributed by atoms with Crippen molar-refractivity contribution in [1.29, 1.82) is 0 Å². The standard InChI is InChI=1S/C10H10F4N2O5S/c11-3-1-16(8(22)15-6(3)19)7-9(20,10(12,13)14)5(18)4(2-17)21-7/h1,4-5,7,17-18,20H,2H2,(H,15,19,22)/t4-,5+,7-,9?/m1/s1. The van der Waals surface area contributed by atoms with Crippen LogP contribution in [-0.2, 0) is 4.74 Å². The number of rotatable bonds is 2. The van der Waals surface area contributed by atoms with Crippen LogP contribution in [0.15, 0.2) is 11.0 Å². The predicted octanol–water partition coefficient (Wildman–Crippen LogP) is -0.411. The summed E-state index contributed by atoms with van der Waals surface area (Å²) >= 11 is 4.61. The van der Waals surface area contributed by atoms with Crippen LogP contribution in [0, 0.1) is 10.6 Å². The summed E-state index contributed by atoms with van der Waals surface area (Å²) < 4.78 is 57.2. The van der Waals surface area contributed by atoms with Crippen LogP contribution in [0.4, 0.5) is 17.6 Å². The van der Waals surface area contributed by atoms with E-state index in [9.17, 15) is 32.6 Å². The molecule has 1 aromatic rings. The van der Waals surface area contributed by atoms with E-state index in [1.807, 2.05) is 0 Å². The first-order valence-electron chi connectivity index (χ1n) is 5.78. The maximum atomic E-state index is 13.3. The second-order valence-electron chi connectivity index (χ2n) is 4.62. The molecule has 1 aliphatic heterocycles. The average Bonchev–Trinajstić information content (AvgIpc) is 2.67. The van der Waals surface area contributed by atoms with Gasteiger partial charge in [0.25, 0.3) is 5.56 Å². The summed E-state index contributed by atoms with van der Waals surface area (Å²) in [5.74, 6) is -1.47. The van der Waals surface area contributed by atoms with Crippen LogP contribution in [0.2, 0.25) is 0 Å². The summed E-state index contributed by atoms with van der Waals surface area (Å²) in [6.07, 6.45) is -11.8. The Morgan fingerprint density at radius 1 is 1.50 bits per heavy atom. The molecule has 0 radical (unpaired) electrons. The van der Waals surface area contributed by atoms with E-state index in [0.717, 1.165) is 0 Å². The van der Waals surface area contributed by atoms with Crippen LogP contribution in [0.25, 0.3) is 0 Å². The number of halogens is 4. The van der Waals surface area contributed by atoms with Gasteiger partial charge >= 0.3 is 6.18 Å². The molecule has 0 aromatic carbocycles. The molecule has 2 heterocycles. The normalized spacial score (nSPS) is 32.4. The second-order valence-corrected chi connectivity index (χ2v) is 5.01. The number of nitrogens with zero attached hydrogens (tertiary/aromatic N) is 1. The van der Waals surface area contributed by atoms with Gasteiger partial charge < -0.3 is 20.1 Å². The molecule has 4 atom stereocenters. The van der Waals surface area contributed by atoms with Crippen molar-refractivity contribution in [2.24, 2.45) is 0 Å². The van der Waals surface area contributed by atoms with Gasteiger partial charge in [-0.05, 0) is 12.2 Å². The highest BCUT2D eigenvalue weighted by Crippen LogP contribution is 2.48. The number of aliphatic hydroxyl groups is 3. The molecule has 1 saturated heterocycles. The van der Waals surface area contributed by atoms with Crippen LogP contribution in [0.3, 0.4) is 0 Å². The lowest BCUT2D eigenvalue weighted by Gasteiger charge is -2.33. The summed E-state index contributed by atoms with van der Waals surface area (Å²) in [5.41, 5.74) is -5.13. The van der Waals surface area contributed by atoms with Crippen LogP contribution in [0.5, 0.6) is 0 Å². The summed E-state index contributed by atoms with van der Waals surface area (Å²) in [7, 11) is 0. The van der Waals surface area contributed by atoms with Crippen molar-refractivity contribution in [3.8, 4) is 0 Å². The van der Waals surface area contributed by atoms with Crippen molar-refractivity contribution in [2.75, 3.05) is 6.61 Å². The number of nitrogens with one attached hydrogen (secondary N) is 1. The van der Waals surface area contributed by atoms with Crippen LogP contribution in [0.1, 0.15) is 6.23 Å². The quantitative estimate of drug-likeness (QED) is 0.428. The van der Waals surface area contributed by atoms with Crippen molar-refractivity contribution in [1.82, 2.24) is 9.55 Å². The van der Waals surface area contributed by atoms with Gasteiger partial charge in [0, 0.05) is 0 Å². The first-order valence-corrected chi connectivity index (χ1v) is 6.19. The van der Waals surface area contributed by atoms with E-state index in [1.165, 1.54) is 0 Å². The Morgan fingerprint density at radius 3 is 2.59 bits per heavy atom. The van der Waals surface area contributed by atoms with Crippen LogP contribution >= 0.6 is 12.2 Å². The minimum atomic E-state index is -5.39. The number of aromatic nitrogens is 2. The van der Waals surface area contributed by atoms with Crippen LogP contribution < -0.4 is 5.56 Å². The third kappa shape index (κ3) is 2.36. The highest BCUT2D eigenvalue weighted by atomic mass is 32.1. The average molecular weight is 346 g/mol. The first-order chi connectivity index (χ1) is 10.0. The zero-order chi connectivity index (χ0) is 16.9. The molecule has 0 bridgehead atoms. The minimum absolute atomic E-state index is 0.315. The van der Waals surface area contributed by atoms with E-state index in [2.05, 4.69) is 12.2 Å². The number of alkyl halides is 3. The van der Waals surface area contributed by atoms with Gasteiger partial charge in [-0.2, -0.15) is 17.6 Å². The number of ether oxygens (including phenoxy) is 1. The highest BCUT2D eigenvalue weighted by Gasteiger charge is 2.70. The molecule has 1 unspecified atom stereocenters. The lowest BCUT2D eigenvalue weighted by atomic mass is 9.93. The van der Waals surface area contributed by atoms with Crippen LogP contribution in [-0.4, -0.2) is 55.5 Å². The van der Waals surface area contributed by atoms with E-state index >= 15 is 0 Å². The predicted molar refractivity (Wildman–Crippen MR) is 63.9 cm³/mol. The monoisotopic (exact) mass is 346 g/mol. The molecule has 2 rings (SSSR count). The fourth-order valence-electron chi connectivity index (χ4n) is 2.14. The number of H-pyrrole nitrogens is 1. The Morgan fingerprint density at radius 2 is 2.09 bits per heavy atom. The van der Waals surface area contributed by atoms with Gasteiger partial charge in [-0.25, -0.2) is 0 Å². The van der Waals surface area contributed by atoms with Gasteiger partial charge in [-0.15, -0.1) is 0 Å². The first kappa shape index (κ1) is 17.0. The Bertz CT molecular complexity index is 689. The summed E-state index contributed by atoms with van der Waals surface area (Å²) in [4.78, 5) is 12.8. The molecule has 1 fully saturated rings. The third-order valence-electron chi connectivity index (χ3n) is 3.29. The molecule has 0 aliphatic carbocycles. The number of aromatic amines is 1. The summed E-state index contributed by atoms with van der Waals surface area (Å²) in [6, 6.07) is 0. The zero-order valence-corrected chi connectivity index (χ0v) is 11.4. The zero-order valence-electron chi connectivity index (χ0n) is 10.5. The molecular weight excluding hydrogens is 336 g/mol. The van der Waals surface area contributed by atoms with E-state index in [0.29, 0.717) is 10.8 Å². The van der Waals surface area contributed by atoms with Gasteiger partial charge in [0.15, 0.2) is 11.0 Å². The second kappa shape index (κ2) is 5.38. The van der Waals surface area contributed by atoms with E-state index in [1.54, 1.807) is 4.98 Å². The molecule has 1 aliphatic rings. The molecule has 4 N–H and O–H groups in total. The molecule has 22 heavy (non-hydrogen) atoms. The number of aliphatic hydroxyl groups excluding tert-OH is 2. The number of hydrogen-bond donors (Lipinski definition) is 4. The fourth-order valence-corrected chi connectivity index (χ4v) is 2.38. The highest BCUT2D eigenvalue weighted by molar-refractivity contribution is 7.71. The van der Waals surface area contributed by atoms with Gasteiger partial charge in [0.2, 0.25) is 11.4 Å². The smallest absolute Gasteiger partial charge is 0.394 e.